The fourth-order valence-electron chi connectivity index (χ4n) is 3.38. The van der Waals surface area contributed by atoms with E-state index in [9.17, 15) is 18.0 Å². The van der Waals surface area contributed by atoms with E-state index in [1.165, 1.54) is 6.07 Å². The van der Waals surface area contributed by atoms with Crippen LogP contribution in [0.15, 0.2) is 41.3 Å². The third-order valence-electron chi connectivity index (χ3n) is 4.92. The molecule has 3 rings (SSSR count). The van der Waals surface area contributed by atoms with Gasteiger partial charge in [-0.2, -0.15) is 0 Å². The molecular weight excluding hydrogens is 392 g/mol. The van der Waals surface area contributed by atoms with Crippen molar-refractivity contribution in [3.8, 4) is 0 Å². The zero-order chi connectivity index (χ0) is 21.2. The quantitative estimate of drug-likeness (QED) is 0.729. The Morgan fingerprint density at radius 1 is 1.21 bits per heavy atom. The molecule has 0 atom stereocenters. The van der Waals surface area contributed by atoms with Crippen molar-refractivity contribution >= 4 is 33.3 Å². The third kappa shape index (κ3) is 4.27. The molecule has 1 aliphatic heterocycles. The van der Waals surface area contributed by atoms with Crippen LogP contribution in [0.4, 0.5) is 11.4 Å². The first-order valence-corrected chi connectivity index (χ1v) is 10.9. The van der Waals surface area contributed by atoms with E-state index in [1.54, 1.807) is 56.0 Å². The second-order valence-corrected chi connectivity index (χ2v) is 8.58. The van der Waals surface area contributed by atoms with Gasteiger partial charge in [0.2, 0.25) is 5.91 Å². The summed E-state index contributed by atoms with van der Waals surface area (Å²) in [5.74, 6) is -0.449. The number of rotatable bonds is 6. The first-order chi connectivity index (χ1) is 13.7. The summed E-state index contributed by atoms with van der Waals surface area (Å²) in [5, 5.41) is 0. The van der Waals surface area contributed by atoms with Gasteiger partial charge in [-0.3, -0.25) is 9.52 Å². The summed E-state index contributed by atoms with van der Waals surface area (Å²) in [6.45, 7) is 6.04. The summed E-state index contributed by atoms with van der Waals surface area (Å²) >= 11 is 0. The molecule has 154 valence electrons. The predicted octanol–water partition coefficient (Wildman–Crippen LogP) is 3.41. The summed E-state index contributed by atoms with van der Waals surface area (Å²) in [4.78, 5) is 25.8. The van der Waals surface area contributed by atoms with Crippen molar-refractivity contribution in [2.75, 3.05) is 22.8 Å². The van der Waals surface area contributed by atoms with Crippen LogP contribution < -0.4 is 9.62 Å². The van der Waals surface area contributed by atoms with Crippen LogP contribution in [-0.2, 0) is 19.6 Å². The number of aryl methyl sites for hydroxylation is 1. The molecule has 0 spiro atoms. The van der Waals surface area contributed by atoms with E-state index < -0.39 is 16.0 Å². The predicted molar refractivity (Wildman–Crippen MR) is 111 cm³/mol. The molecule has 29 heavy (non-hydrogen) atoms. The van der Waals surface area contributed by atoms with Crippen molar-refractivity contribution in [2.45, 2.75) is 38.5 Å². The number of carbonyl (C=O) groups is 2. The number of hydrogen-bond acceptors (Lipinski definition) is 5. The lowest BCUT2D eigenvalue weighted by Gasteiger charge is -2.19. The monoisotopic (exact) mass is 416 g/mol. The van der Waals surface area contributed by atoms with Crippen LogP contribution in [0.1, 0.15) is 41.3 Å². The topological polar surface area (TPSA) is 92.8 Å². The van der Waals surface area contributed by atoms with Crippen molar-refractivity contribution in [1.29, 1.82) is 0 Å². The molecule has 0 bridgehead atoms. The maximum absolute atomic E-state index is 12.9. The molecule has 0 aliphatic carbocycles. The third-order valence-corrected chi connectivity index (χ3v) is 6.28. The maximum Gasteiger partial charge on any atom is 0.338 e. The SMILES string of the molecule is CCOC(=O)c1cccc(NS(=O)(=O)c2ccc(N3CCCC3=O)c(C)c2)c1C. The van der Waals surface area contributed by atoms with Gasteiger partial charge in [0, 0.05) is 18.7 Å². The second kappa shape index (κ2) is 8.24. The minimum atomic E-state index is -3.87. The van der Waals surface area contributed by atoms with Crippen LogP contribution >= 0.6 is 0 Å². The van der Waals surface area contributed by atoms with Crippen molar-refractivity contribution in [3.63, 3.8) is 0 Å². The number of ether oxygens (including phenoxy) is 1. The fraction of sp³-hybridized carbons (Fsp3) is 0.333. The second-order valence-electron chi connectivity index (χ2n) is 6.90. The van der Waals surface area contributed by atoms with Crippen LogP contribution in [0.2, 0.25) is 0 Å². The fourth-order valence-corrected chi connectivity index (χ4v) is 4.59. The number of benzene rings is 2. The average Bonchev–Trinajstić information content (AvgIpc) is 3.09. The molecule has 1 N–H and O–H groups in total. The number of carbonyl (C=O) groups excluding carboxylic acids is 2. The summed E-state index contributed by atoms with van der Waals surface area (Å²) in [6, 6.07) is 9.49. The minimum absolute atomic E-state index is 0.0493. The molecule has 1 saturated heterocycles. The van der Waals surface area contributed by atoms with Gasteiger partial charge in [-0.25, -0.2) is 13.2 Å². The maximum atomic E-state index is 12.9. The first-order valence-electron chi connectivity index (χ1n) is 9.45. The van der Waals surface area contributed by atoms with Crippen molar-refractivity contribution in [1.82, 2.24) is 0 Å². The molecule has 1 amide bonds. The molecule has 0 unspecified atom stereocenters. The smallest absolute Gasteiger partial charge is 0.338 e. The lowest BCUT2D eigenvalue weighted by Crippen LogP contribution is -2.24. The highest BCUT2D eigenvalue weighted by atomic mass is 32.2. The molecule has 1 fully saturated rings. The Balaban J connectivity index is 1.89. The number of nitrogens with zero attached hydrogens (tertiary/aromatic N) is 1. The van der Waals surface area contributed by atoms with Gasteiger partial charge in [0.15, 0.2) is 0 Å². The molecular formula is C21H24N2O5S. The van der Waals surface area contributed by atoms with E-state index in [0.717, 1.165) is 12.1 Å². The first kappa shape index (κ1) is 20.9. The number of amides is 1. The van der Waals surface area contributed by atoms with Gasteiger partial charge in [-0.05, 0) is 68.7 Å². The van der Waals surface area contributed by atoms with E-state index >= 15 is 0 Å². The van der Waals surface area contributed by atoms with E-state index in [0.29, 0.717) is 35.3 Å². The summed E-state index contributed by atoms with van der Waals surface area (Å²) in [5.41, 5.74) is 2.55. The van der Waals surface area contributed by atoms with Gasteiger partial charge >= 0.3 is 5.97 Å². The molecule has 0 saturated carbocycles. The van der Waals surface area contributed by atoms with Crippen LogP contribution in [0.3, 0.4) is 0 Å². The molecule has 2 aromatic rings. The van der Waals surface area contributed by atoms with Gasteiger partial charge < -0.3 is 9.64 Å². The Morgan fingerprint density at radius 2 is 1.97 bits per heavy atom. The number of anilines is 2. The van der Waals surface area contributed by atoms with Crippen molar-refractivity contribution in [3.05, 3.63) is 53.1 Å². The largest absolute Gasteiger partial charge is 0.462 e. The van der Waals surface area contributed by atoms with Crippen molar-refractivity contribution < 1.29 is 22.7 Å². The molecule has 8 heteroatoms. The van der Waals surface area contributed by atoms with Gasteiger partial charge in [-0.15, -0.1) is 0 Å². The minimum Gasteiger partial charge on any atom is -0.462 e. The van der Waals surface area contributed by atoms with E-state index in [4.69, 9.17) is 4.74 Å². The van der Waals surface area contributed by atoms with E-state index in [-0.39, 0.29) is 17.4 Å². The highest BCUT2D eigenvalue weighted by Crippen LogP contribution is 2.29. The lowest BCUT2D eigenvalue weighted by atomic mass is 10.1. The van der Waals surface area contributed by atoms with Gasteiger partial charge in [0.1, 0.15) is 0 Å². The van der Waals surface area contributed by atoms with E-state index in [2.05, 4.69) is 4.72 Å². The summed E-state index contributed by atoms with van der Waals surface area (Å²) in [6.07, 6.45) is 1.31. The Bertz CT molecular complexity index is 1060. The normalized spacial score (nSPS) is 14.2. The molecule has 0 aromatic heterocycles. The Hall–Kier alpha value is -2.87. The Labute approximate surface area is 170 Å². The molecule has 0 radical (unpaired) electrons. The van der Waals surface area contributed by atoms with Gasteiger partial charge in [-0.1, -0.05) is 6.07 Å². The highest BCUT2D eigenvalue weighted by Gasteiger charge is 2.25. The average molecular weight is 416 g/mol. The van der Waals surface area contributed by atoms with Crippen LogP contribution in [-0.4, -0.2) is 33.4 Å². The summed E-state index contributed by atoms with van der Waals surface area (Å²) in [7, 11) is -3.87. The number of hydrogen-bond donors (Lipinski definition) is 1. The number of nitrogens with one attached hydrogen (secondary N) is 1. The Kier molecular flexibility index (Phi) is 5.93. The van der Waals surface area contributed by atoms with Gasteiger partial charge in [0.05, 0.1) is 22.8 Å². The molecule has 2 aromatic carbocycles. The molecule has 1 aliphatic rings. The zero-order valence-corrected chi connectivity index (χ0v) is 17.5. The van der Waals surface area contributed by atoms with Crippen LogP contribution in [0.25, 0.3) is 0 Å². The van der Waals surface area contributed by atoms with Crippen LogP contribution in [0, 0.1) is 13.8 Å². The van der Waals surface area contributed by atoms with Crippen molar-refractivity contribution in [2.24, 2.45) is 0 Å². The lowest BCUT2D eigenvalue weighted by molar-refractivity contribution is -0.117. The highest BCUT2D eigenvalue weighted by molar-refractivity contribution is 7.92. The molecule has 1 heterocycles. The zero-order valence-electron chi connectivity index (χ0n) is 16.7. The van der Waals surface area contributed by atoms with Gasteiger partial charge in [0.25, 0.3) is 10.0 Å². The standard InChI is InChI=1S/C21H24N2O5S/c1-4-28-21(25)17-7-5-8-18(15(17)3)22-29(26,27)16-10-11-19(14(2)13-16)23-12-6-9-20(23)24/h5,7-8,10-11,13,22H,4,6,9,12H2,1-3H3. The summed E-state index contributed by atoms with van der Waals surface area (Å²) < 4.78 is 33.4. The Morgan fingerprint density at radius 3 is 2.59 bits per heavy atom. The number of sulfonamides is 1. The number of esters is 1. The van der Waals surface area contributed by atoms with E-state index in [1.807, 2.05) is 0 Å². The molecule has 7 nitrogen and oxygen atoms in total. The van der Waals surface area contributed by atoms with Crippen LogP contribution in [0.5, 0.6) is 0 Å².